The molecule has 0 saturated carbocycles. The molecule has 1 aromatic rings. The van der Waals surface area contributed by atoms with Gasteiger partial charge < -0.3 is 15.3 Å². The minimum atomic E-state index is -0.363. The summed E-state index contributed by atoms with van der Waals surface area (Å²) in [6.07, 6.45) is 8.86. The Balaban J connectivity index is 1.74. The normalized spacial score (nSPS) is 18.2. The maximum absolute atomic E-state index is 10.0. The van der Waals surface area contributed by atoms with Gasteiger partial charge in [0, 0.05) is 13.1 Å². The molecule has 2 heterocycles. The van der Waals surface area contributed by atoms with E-state index in [4.69, 9.17) is 0 Å². The summed E-state index contributed by atoms with van der Waals surface area (Å²) in [5.41, 5.74) is 0. The fourth-order valence-corrected chi connectivity index (χ4v) is 2.61. The van der Waals surface area contributed by atoms with Gasteiger partial charge in [0.25, 0.3) is 0 Å². The van der Waals surface area contributed by atoms with Crippen molar-refractivity contribution >= 4 is 17.6 Å². The molecule has 5 nitrogen and oxygen atoms in total. The molecule has 1 aliphatic heterocycles. The first-order valence-electron chi connectivity index (χ1n) is 6.78. The number of β-amino-alcohol motifs (C(OH)–C–C–N with tert-alkyl or cyclic N) is 1. The number of rotatable bonds is 6. The lowest BCUT2D eigenvalue weighted by Gasteiger charge is -2.28. The van der Waals surface area contributed by atoms with Crippen molar-refractivity contribution in [3.05, 3.63) is 12.4 Å². The van der Waals surface area contributed by atoms with Gasteiger partial charge in [0.15, 0.2) is 0 Å². The first-order valence-corrected chi connectivity index (χ1v) is 8.01. The van der Waals surface area contributed by atoms with Crippen LogP contribution in [0.15, 0.2) is 17.4 Å². The van der Waals surface area contributed by atoms with E-state index in [0.717, 1.165) is 30.5 Å². The summed E-state index contributed by atoms with van der Waals surface area (Å²) >= 11 is 1.56. The van der Waals surface area contributed by atoms with E-state index in [2.05, 4.69) is 20.2 Å². The predicted molar refractivity (Wildman–Crippen MR) is 78.6 cm³/mol. The molecule has 2 rings (SSSR count). The number of likely N-dealkylation sites (tertiary alicyclic amines) is 1. The van der Waals surface area contributed by atoms with Crippen LogP contribution in [0.3, 0.4) is 0 Å². The summed E-state index contributed by atoms with van der Waals surface area (Å²) in [5, 5.41) is 14.1. The van der Waals surface area contributed by atoms with Crippen molar-refractivity contribution in [2.75, 3.05) is 37.8 Å². The number of anilines is 1. The lowest BCUT2D eigenvalue weighted by atomic mass is 10.1. The SMILES string of the molecule is CSc1cncc(NC[C@@H](O)CN2CCCCC2)n1. The molecule has 0 bridgehead atoms. The zero-order chi connectivity index (χ0) is 13.5. The van der Waals surface area contributed by atoms with Gasteiger partial charge in [-0.3, -0.25) is 4.98 Å². The quantitative estimate of drug-likeness (QED) is 0.770. The molecule has 1 fully saturated rings. The molecule has 1 saturated heterocycles. The molecule has 0 unspecified atom stereocenters. The third kappa shape index (κ3) is 4.97. The average Bonchev–Trinajstić information content (AvgIpc) is 2.46. The summed E-state index contributed by atoms with van der Waals surface area (Å²) in [7, 11) is 0. The average molecular weight is 282 g/mol. The van der Waals surface area contributed by atoms with E-state index in [1.54, 1.807) is 24.2 Å². The number of nitrogens with zero attached hydrogens (tertiary/aromatic N) is 3. The summed E-state index contributed by atoms with van der Waals surface area (Å²) in [5.74, 6) is 0.726. The van der Waals surface area contributed by atoms with Gasteiger partial charge in [-0.05, 0) is 32.2 Å². The second kappa shape index (κ2) is 7.67. The van der Waals surface area contributed by atoms with Crippen molar-refractivity contribution in [1.29, 1.82) is 0 Å². The van der Waals surface area contributed by atoms with Crippen LogP contribution in [0.2, 0.25) is 0 Å². The van der Waals surface area contributed by atoms with Crippen LogP contribution in [0.1, 0.15) is 19.3 Å². The van der Waals surface area contributed by atoms with Crippen molar-refractivity contribution < 1.29 is 5.11 Å². The van der Waals surface area contributed by atoms with Gasteiger partial charge >= 0.3 is 0 Å². The van der Waals surface area contributed by atoms with Gasteiger partial charge in [0.2, 0.25) is 0 Å². The zero-order valence-electron chi connectivity index (χ0n) is 11.4. The number of hydrogen-bond donors (Lipinski definition) is 2. The largest absolute Gasteiger partial charge is 0.390 e. The minimum absolute atomic E-state index is 0.363. The fraction of sp³-hybridized carbons (Fsp3) is 0.692. The standard InChI is InChI=1S/C13H22N4OS/c1-19-13-9-14-8-12(16-13)15-7-11(18)10-17-5-3-2-4-6-17/h8-9,11,18H,2-7,10H2,1H3,(H,15,16)/t11-/m1/s1. The molecule has 0 radical (unpaired) electrons. The fourth-order valence-electron chi connectivity index (χ4n) is 2.26. The van der Waals surface area contributed by atoms with Gasteiger partial charge in [-0.2, -0.15) is 0 Å². The van der Waals surface area contributed by atoms with E-state index in [1.165, 1.54) is 19.3 Å². The Morgan fingerprint density at radius 1 is 1.37 bits per heavy atom. The molecule has 0 amide bonds. The Kier molecular flexibility index (Phi) is 5.88. The molecule has 0 spiro atoms. The van der Waals surface area contributed by atoms with Crippen molar-refractivity contribution in [3.8, 4) is 0 Å². The highest BCUT2D eigenvalue weighted by molar-refractivity contribution is 7.98. The molecular formula is C13H22N4OS. The van der Waals surface area contributed by atoms with E-state index in [0.29, 0.717) is 6.54 Å². The van der Waals surface area contributed by atoms with Gasteiger partial charge in [-0.25, -0.2) is 4.98 Å². The molecule has 106 valence electrons. The number of thioether (sulfide) groups is 1. The molecule has 0 aromatic carbocycles. The Bertz CT molecular complexity index is 385. The van der Waals surface area contributed by atoms with Gasteiger partial charge in [0.05, 0.1) is 18.5 Å². The monoisotopic (exact) mass is 282 g/mol. The molecule has 6 heteroatoms. The smallest absolute Gasteiger partial charge is 0.145 e. The van der Waals surface area contributed by atoms with Crippen LogP contribution >= 0.6 is 11.8 Å². The third-order valence-electron chi connectivity index (χ3n) is 3.26. The summed E-state index contributed by atoms with van der Waals surface area (Å²) in [6.45, 7) is 3.48. The van der Waals surface area contributed by atoms with Gasteiger partial charge in [0.1, 0.15) is 10.8 Å². The van der Waals surface area contributed by atoms with Crippen LogP contribution in [0.4, 0.5) is 5.82 Å². The predicted octanol–water partition coefficient (Wildman–Crippen LogP) is 1.46. The van der Waals surface area contributed by atoms with Crippen LogP contribution in [0.5, 0.6) is 0 Å². The van der Waals surface area contributed by atoms with Crippen molar-refractivity contribution in [1.82, 2.24) is 14.9 Å². The third-order valence-corrected chi connectivity index (χ3v) is 3.87. The molecule has 1 aliphatic rings. The zero-order valence-corrected chi connectivity index (χ0v) is 12.2. The summed E-state index contributed by atoms with van der Waals surface area (Å²) < 4.78 is 0. The summed E-state index contributed by atoms with van der Waals surface area (Å²) in [6, 6.07) is 0. The first kappa shape index (κ1) is 14.6. The highest BCUT2D eigenvalue weighted by atomic mass is 32.2. The topological polar surface area (TPSA) is 61.3 Å². The van der Waals surface area contributed by atoms with Gasteiger partial charge in [-0.15, -0.1) is 11.8 Å². The lowest BCUT2D eigenvalue weighted by Crippen LogP contribution is -2.39. The molecule has 2 N–H and O–H groups in total. The molecular weight excluding hydrogens is 260 g/mol. The van der Waals surface area contributed by atoms with Crippen molar-refractivity contribution in [2.24, 2.45) is 0 Å². The number of hydrogen-bond acceptors (Lipinski definition) is 6. The van der Waals surface area contributed by atoms with Crippen LogP contribution in [0.25, 0.3) is 0 Å². The maximum Gasteiger partial charge on any atom is 0.145 e. The minimum Gasteiger partial charge on any atom is -0.390 e. The maximum atomic E-state index is 10.0. The van der Waals surface area contributed by atoms with Crippen molar-refractivity contribution in [2.45, 2.75) is 30.4 Å². The second-order valence-electron chi connectivity index (χ2n) is 4.84. The second-order valence-corrected chi connectivity index (χ2v) is 5.67. The van der Waals surface area contributed by atoms with Crippen LogP contribution in [0, 0.1) is 0 Å². The van der Waals surface area contributed by atoms with Gasteiger partial charge in [-0.1, -0.05) is 6.42 Å². The summed E-state index contributed by atoms with van der Waals surface area (Å²) in [4.78, 5) is 10.8. The Labute approximate surface area is 118 Å². The molecule has 1 aromatic heterocycles. The van der Waals surface area contributed by atoms with Crippen LogP contribution in [-0.4, -0.2) is 58.5 Å². The number of aromatic nitrogens is 2. The molecule has 0 aliphatic carbocycles. The van der Waals surface area contributed by atoms with E-state index >= 15 is 0 Å². The first-order chi connectivity index (χ1) is 9.28. The van der Waals surface area contributed by atoms with E-state index in [-0.39, 0.29) is 6.10 Å². The highest BCUT2D eigenvalue weighted by Gasteiger charge is 2.14. The van der Waals surface area contributed by atoms with E-state index in [9.17, 15) is 5.11 Å². The van der Waals surface area contributed by atoms with Crippen molar-refractivity contribution in [3.63, 3.8) is 0 Å². The van der Waals surface area contributed by atoms with E-state index in [1.807, 2.05) is 6.26 Å². The number of nitrogens with one attached hydrogen (secondary N) is 1. The highest BCUT2D eigenvalue weighted by Crippen LogP contribution is 2.12. The van der Waals surface area contributed by atoms with E-state index < -0.39 is 0 Å². The Morgan fingerprint density at radius 2 is 2.16 bits per heavy atom. The molecule has 1 atom stereocenters. The number of aliphatic hydroxyl groups excluding tert-OH is 1. The Hall–Kier alpha value is -0.850. The Morgan fingerprint density at radius 3 is 2.89 bits per heavy atom. The van der Waals surface area contributed by atoms with Crippen LogP contribution in [-0.2, 0) is 0 Å². The number of piperidine rings is 1. The lowest BCUT2D eigenvalue weighted by molar-refractivity contribution is 0.109. The molecule has 19 heavy (non-hydrogen) atoms. The number of aliphatic hydroxyl groups is 1. The van der Waals surface area contributed by atoms with Crippen LogP contribution < -0.4 is 5.32 Å².